The van der Waals surface area contributed by atoms with Gasteiger partial charge >= 0.3 is 0 Å². The molecule has 0 saturated carbocycles. The lowest BCUT2D eigenvalue weighted by Gasteiger charge is -1.91. The molecule has 1 aromatic carbocycles. The molecule has 5 nitrogen and oxygen atoms in total. The summed E-state index contributed by atoms with van der Waals surface area (Å²) < 4.78 is 25.7. The molecule has 0 atom stereocenters. The summed E-state index contributed by atoms with van der Waals surface area (Å²) >= 11 is 0.777. The Kier molecular flexibility index (Phi) is 2.51. The average Bonchev–Trinajstić information content (AvgIpc) is 2.67. The van der Waals surface area contributed by atoms with Gasteiger partial charge in [-0.2, -0.15) is 4.37 Å². The summed E-state index contributed by atoms with van der Waals surface area (Å²) in [7, 11) is -3.75. The Bertz CT molecular complexity index is 563. The van der Waals surface area contributed by atoms with E-state index >= 15 is 0 Å². The zero-order valence-corrected chi connectivity index (χ0v) is 9.12. The number of primary sulfonamides is 1. The lowest BCUT2D eigenvalue weighted by molar-refractivity contribution is 0.597. The van der Waals surface area contributed by atoms with Crippen LogP contribution in [0.2, 0.25) is 0 Å². The van der Waals surface area contributed by atoms with Crippen LogP contribution in [0.5, 0.6) is 0 Å². The Morgan fingerprint density at radius 2 is 1.87 bits per heavy atom. The summed E-state index contributed by atoms with van der Waals surface area (Å²) in [5.74, 6) is 0.379. The van der Waals surface area contributed by atoms with E-state index in [1.807, 2.05) is 18.2 Å². The molecule has 15 heavy (non-hydrogen) atoms. The van der Waals surface area contributed by atoms with Crippen molar-refractivity contribution in [2.75, 3.05) is 0 Å². The van der Waals surface area contributed by atoms with Crippen LogP contribution in [0.15, 0.2) is 34.7 Å². The maximum Gasteiger partial charge on any atom is 0.266 e. The van der Waals surface area contributed by atoms with Crippen molar-refractivity contribution in [3.05, 3.63) is 30.3 Å². The Morgan fingerprint density at radius 3 is 2.40 bits per heavy atom. The van der Waals surface area contributed by atoms with E-state index in [0.29, 0.717) is 5.82 Å². The van der Waals surface area contributed by atoms with Crippen LogP contribution >= 0.6 is 11.5 Å². The summed E-state index contributed by atoms with van der Waals surface area (Å²) in [5.41, 5.74) is 0.767. The van der Waals surface area contributed by atoms with Crippen LogP contribution in [0.1, 0.15) is 0 Å². The van der Waals surface area contributed by atoms with Crippen molar-refractivity contribution in [3.8, 4) is 11.4 Å². The molecule has 0 aliphatic rings. The maximum atomic E-state index is 11.0. The maximum absolute atomic E-state index is 11.0. The van der Waals surface area contributed by atoms with E-state index in [2.05, 4.69) is 9.36 Å². The first-order valence-electron chi connectivity index (χ1n) is 3.99. The Balaban J connectivity index is 2.46. The number of sulfonamides is 1. The molecule has 0 spiro atoms. The second-order valence-corrected chi connectivity index (χ2v) is 5.28. The van der Waals surface area contributed by atoms with Crippen LogP contribution in [0.25, 0.3) is 11.4 Å². The largest absolute Gasteiger partial charge is 0.266 e. The van der Waals surface area contributed by atoms with E-state index in [4.69, 9.17) is 5.14 Å². The van der Waals surface area contributed by atoms with Gasteiger partial charge in [0.25, 0.3) is 10.0 Å². The van der Waals surface area contributed by atoms with E-state index in [1.54, 1.807) is 12.1 Å². The van der Waals surface area contributed by atoms with Crippen LogP contribution in [0.3, 0.4) is 0 Å². The number of hydrogen-bond acceptors (Lipinski definition) is 5. The molecule has 0 radical (unpaired) electrons. The zero-order valence-electron chi connectivity index (χ0n) is 7.49. The van der Waals surface area contributed by atoms with E-state index in [9.17, 15) is 8.42 Å². The third kappa shape index (κ3) is 2.20. The first kappa shape index (κ1) is 10.2. The van der Waals surface area contributed by atoms with Crippen molar-refractivity contribution < 1.29 is 8.42 Å². The molecule has 7 heteroatoms. The predicted molar refractivity (Wildman–Crippen MR) is 56.7 cm³/mol. The standard InChI is InChI=1S/C8H7N3O2S2/c9-15(12,13)8-10-7(11-14-8)6-4-2-1-3-5-6/h1-5H,(H2,9,12,13). The molecule has 0 unspecified atom stereocenters. The molecule has 2 N–H and O–H groups in total. The lowest BCUT2D eigenvalue weighted by Crippen LogP contribution is -2.11. The van der Waals surface area contributed by atoms with E-state index in [0.717, 1.165) is 17.1 Å². The Labute approximate surface area is 90.8 Å². The monoisotopic (exact) mass is 241 g/mol. The number of hydrogen-bond donors (Lipinski definition) is 1. The van der Waals surface area contributed by atoms with Gasteiger partial charge in [-0.15, -0.1) is 0 Å². The van der Waals surface area contributed by atoms with Gasteiger partial charge in [-0.1, -0.05) is 30.3 Å². The summed E-state index contributed by atoms with van der Waals surface area (Å²) in [5, 5.41) is 4.93. The molecule has 0 amide bonds. The molecule has 1 aromatic heterocycles. The molecule has 0 bridgehead atoms. The molecule has 0 aliphatic carbocycles. The van der Waals surface area contributed by atoms with Crippen LogP contribution in [0.4, 0.5) is 0 Å². The van der Waals surface area contributed by atoms with Crippen molar-refractivity contribution >= 4 is 21.6 Å². The fraction of sp³-hybridized carbons (Fsp3) is 0. The average molecular weight is 241 g/mol. The first-order chi connectivity index (χ1) is 7.07. The lowest BCUT2D eigenvalue weighted by atomic mass is 10.2. The van der Waals surface area contributed by atoms with Crippen molar-refractivity contribution in [1.29, 1.82) is 0 Å². The van der Waals surface area contributed by atoms with Crippen LogP contribution in [-0.4, -0.2) is 17.8 Å². The molecular weight excluding hydrogens is 234 g/mol. The fourth-order valence-corrected chi connectivity index (χ4v) is 2.21. The quantitative estimate of drug-likeness (QED) is 0.844. The predicted octanol–water partition coefficient (Wildman–Crippen LogP) is 0.853. The van der Waals surface area contributed by atoms with Gasteiger partial charge in [0, 0.05) is 5.56 Å². The van der Waals surface area contributed by atoms with Gasteiger partial charge in [-0.25, -0.2) is 18.5 Å². The topological polar surface area (TPSA) is 85.9 Å². The molecule has 78 valence electrons. The molecule has 2 aromatic rings. The van der Waals surface area contributed by atoms with Gasteiger partial charge in [0.2, 0.25) is 4.34 Å². The molecule has 0 fully saturated rings. The molecule has 2 rings (SSSR count). The first-order valence-corrected chi connectivity index (χ1v) is 6.31. The van der Waals surface area contributed by atoms with Crippen molar-refractivity contribution in [2.45, 2.75) is 4.34 Å². The highest BCUT2D eigenvalue weighted by molar-refractivity contribution is 7.91. The molecule has 0 aliphatic heterocycles. The van der Waals surface area contributed by atoms with Gasteiger partial charge in [-0.3, -0.25) is 0 Å². The van der Waals surface area contributed by atoms with E-state index in [-0.39, 0.29) is 4.34 Å². The van der Waals surface area contributed by atoms with Crippen LogP contribution in [0, 0.1) is 0 Å². The number of benzene rings is 1. The van der Waals surface area contributed by atoms with Gasteiger partial charge in [0.15, 0.2) is 5.82 Å². The SMILES string of the molecule is NS(=O)(=O)c1nc(-c2ccccc2)ns1. The van der Waals surface area contributed by atoms with Crippen LogP contribution in [-0.2, 0) is 10.0 Å². The highest BCUT2D eigenvalue weighted by atomic mass is 32.2. The summed E-state index contributed by atoms with van der Waals surface area (Å²) in [6.45, 7) is 0. The molecule has 0 saturated heterocycles. The normalized spacial score (nSPS) is 11.5. The number of nitrogens with two attached hydrogens (primary N) is 1. The second kappa shape index (κ2) is 3.69. The highest BCUT2D eigenvalue weighted by Gasteiger charge is 2.15. The fourth-order valence-electron chi connectivity index (χ4n) is 1.03. The summed E-state index contributed by atoms with van der Waals surface area (Å²) in [6.07, 6.45) is 0. The minimum Gasteiger partial charge on any atom is -0.223 e. The smallest absolute Gasteiger partial charge is 0.223 e. The van der Waals surface area contributed by atoms with Crippen molar-refractivity contribution in [2.24, 2.45) is 5.14 Å². The van der Waals surface area contributed by atoms with Gasteiger partial charge in [0.1, 0.15) is 0 Å². The Morgan fingerprint density at radius 1 is 1.20 bits per heavy atom. The van der Waals surface area contributed by atoms with Gasteiger partial charge in [-0.05, 0) is 11.5 Å². The van der Waals surface area contributed by atoms with E-state index in [1.165, 1.54) is 0 Å². The summed E-state index contributed by atoms with van der Waals surface area (Å²) in [6, 6.07) is 9.11. The zero-order chi connectivity index (χ0) is 10.9. The molecular formula is C8H7N3O2S2. The number of rotatable bonds is 2. The summed E-state index contributed by atoms with van der Waals surface area (Å²) in [4.78, 5) is 3.85. The van der Waals surface area contributed by atoms with Crippen LogP contribution < -0.4 is 5.14 Å². The number of aromatic nitrogens is 2. The van der Waals surface area contributed by atoms with E-state index < -0.39 is 10.0 Å². The minimum absolute atomic E-state index is 0.165. The Hall–Kier alpha value is -1.31. The third-order valence-corrected chi connectivity index (χ3v) is 3.69. The highest BCUT2D eigenvalue weighted by Crippen LogP contribution is 2.19. The van der Waals surface area contributed by atoms with Gasteiger partial charge in [0.05, 0.1) is 0 Å². The number of nitrogens with zero attached hydrogens (tertiary/aromatic N) is 2. The second-order valence-electron chi connectivity index (χ2n) is 2.79. The third-order valence-electron chi connectivity index (χ3n) is 1.68. The van der Waals surface area contributed by atoms with Gasteiger partial charge < -0.3 is 0 Å². The van der Waals surface area contributed by atoms with Crippen molar-refractivity contribution in [3.63, 3.8) is 0 Å². The van der Waals surface area contributed by atoms with Crippen molar-refractivity contribution in [1.82, 2.24) is 9.36 Å². The minimum atomic E-state index is -3.75. The molecule has 1 heterocycles.